The number of allylic oxidation sites excluding steroid dienone is 9. The predicted octanol–water partition coefficient (Wildman–Crippen LogP) is 11.2. The number of halogens is 4. The number of benzene rings is 1. The highest BCUT2D eigenvalue weighted by Crippen LogP contribution is 2.63. The Kier molecular flexibility index (Phi) is 7.68. The van der Waals surface area contributed by atoms with Crippen LogP contribution in [0.2, 0.25) is 0 Å². The fourth-order valence-corrected chi connectivity index (χ4v) is 13.1. The summed E-state index contributed by atoms with van der Waals surface area (Å²) in [6.07, 6.45) is 2.19. The van der Waals surface area contributed by atoms with Crippen LogP contribution < -0.4 is 0 Å². The van der Waals surface area contributed by atoms with Crippen LogP contribution in [0.1, 0.15) is 71.6 Å². The molecule has 57 heavy (non-hydrogen) atoms. The van der Waals surface area contributed by atoms with Gasteiger partial charge in [-0.15, -0.1) is 34.0 Å². The number of fused-ring (bicyclic) bond motifs is 9. The van der Waals surface area contributed by atoms with Crippen LogP contribution in [-0.4, -0.2) is 23.0 Å². The number of carbonyl (C=O) groups is 2. The number of hydrogen-bond donors (Lipinski definition) is 0. The molecule has 276 valence electrons. The van der Waals surface area contributed by atoms with E-state index in [0.29, 0.717) is 10.7 Å². The third-order valence-corrected chi connectivity index (χ3v) is 14.8. The zero-order valence-electron chi connectivity index (χ0n) is 29.9. The van der Waals surface area contributed by atoms with Gasteiger partial charge in [-0.2, -0.15) is 0 Å². The van der Waals surface area contributed by atoms with E-state index >= 15 is 0 Å². The lowest BCUT2D eigenvalue weighted by Gasteiger charge is -2.22. The van der Waals surface area contributed by atoms with Gasteiger partial charge in [-0.3, -0.25) is 9.59 Å². The summed E-state index contributed by atoms with van der Waals surface area (Å²) in [5, 5.41) is 19.9. The summed E-state index contributed by atoms with van der Waals surface area (Å²) in [5.74, 6) is -7.07. The first kappa shape index (κ1) is 36.3. The Morgan fingerprint density at radius 1 is 0.807 bits per heavy atom. The standard InChI is InChI=1S/C42H20F4N6O2S3/c1-41(2)19-11-28(52-34-30(25(14-48)50-6)16-8-21(44)23(46)10-18(16)36(34)54)56-37(19)39-32(41)40-38(57-39)31-26(55-40)12-27(42(31,3)4)51-33-29(24(13-47)49-5)15-7-20(43)22(45)9-17(15)35(33)53/h7,9-12,16H,8H2,1-4H3/b29-24+,30-25?,51-33?,52-34?. The molecular weight excluding hydrogens is 793 g/mol. The van der Waals surface area contributed by atoms with Gasteiger partial charge in [-0.05, 0) is 52.6 Å². The summed E-state index contributed by atoms with van der Waals surface area (Å²) in [6.45, 7) is 23.2. The first-order chi connectivity index (χ1) is 27.1. The molecule has 0 radical (unpaired) electrons. The Hall–Kier alpha value is -6.36. The van der Waals surface area contributed by atoms with Crippen LogP contribution in [0.5, 0.6) is 0 Å². The molecule has 3 aromatic heterocycles. The lowest BCUT2D eigenvalue weighted by molar-refractivity contribution is -0.109. The lowest BCUT2D eigenvalue weighted by atomic mass is 9.82. The zero-order chi connectivity index (χ0) is 40.6. The van der Waals surface area contributed by atoms with Gasteiger partial charge in [0.15, 0.2) is 17.5 Å². The van der Waals surface area contributed by atoms with Gasteiger partial charge in [0, 0.05) is 50.3 Å². The summed E-state index contributed by atoms with van der Waals surface area (Å²) in [5.41, 5.74) is 0.458. The van der Waals surface area contributed by atoms with E-state index in [0.717, 1.165) is 58.9 Å². The minimum atomic E-state index is -1.24. The number of aliphatic imine (C=N–C) groups is 2. The van der Waals surface area contributed by atoms with Gasteiger partial charge in [-0.25, -0.2) is 47.8 Å². The molecule has 1 aromatic carbocycles. The topological polar surface area (TPSA) is 115 Å². The van der Waals surface area contributed by atoms with E-state index in [1.54, 1.807) is 34.8 Å². The molecule has 8 nitrogen and oxygen atoms in total. The lowest BCUT2D eigenvalue weighted by Crippen LogP contribution is -2.18. The van der Waals surface area contributed by atoms with Crippen molar-refractivity contribution in [3.63, 3.8) is 0 Å². The van der Waals surface area contributed by atoms with Gasteiger partial charge in [-0.1, -0.05) is 27.7 Å². The third-order valence-electron chi connectivity index (χ3n) is 11.1. The van der Waals surface area contributed by atoms with E-state index in [-0.39, 0.29) is 39.3 Å². The zero-order valence-corrected chi connectivity index (χ0v) is 32.4. The van der Waals surface area contributed by atoms with Gasteiger partial charge in [0.25, 0.3) is 11.4 Å². The Labute approximate surface area is 333 Å². The van der Waals surface area contributed by atoms with Crippen molar-refractivity contribution in [2.45, 2.75) is 44.9 Å². The van der Waals surface area contributed by atoms with Crippen LogP contribution in [0.25, 0.3) is 40.5 Å². The van der Waals surface area contributed by atoms with Gasteiger partial charge >= 0.3 is 0 Å². The number of ketones is 2. The molecule has 3 heterocycles. The molecule has 0 aliphatic heterocycles. The normalized spacial score (nSPS) is 22.7. The summed E-state index contributed by atoms with van der Waals surface area (Å²) < 4.78 is 59.4. The van der Waals surface area contributed by atoms with E-state index in [1.807, 2.05) is 26.0 Å². The van der Waals surface area contributed by atoms with Crippen LogP contribution in [0.15, 0.2) is 74.2 Å². The van der Waals surface area contributed by atoms with E-state index in [1.165, 1.54) is 11.3 Å². The minimum absolute atomic E-state index is 0.00993. The molecule has 0 bridgehead atoms. The first-order valence-electron chi connectivity index (χ1n) is 17.1. The van der Waals surface area contributed by atoms with Crippen LogP contribution >= 0.6 is 34.0 Å². The van der Waals surface area contributed by atoms with Crippen molar-refractivity contribution in [3.8, 4) is 21.9 Å². The molecule has 5 aliphatic rings. The SMILES string of the molecule is [C-]#[N+]C(C#N)=C1C(=Nc2cc3c(s2)-c2sc4c5c(sc4c2C3(C)C)C=C(N=C2C(=O)c3cc(F)c(F)cc3/C2=C(/C#N)[N+]#[C-])C5(C)C)C(=O)C2=CC(F)=C(F)CC21. The van der Waals surface area contributed by atoms with Crippen molar-refractivity contribution in [2.24, 2.45) is 15.9 Å². The number of thiophene rings is 3. The van der Waals surface area contributed by atoms with Crippen LogP contribution in [0.4, 0.5) is 22.6 Å². The van der Waals surface area contributed by atoms with Crippen LogP contribution in [0, 0.1) is 53.4 Å². The van der Waals surface area contributed by atoms with Gasteiger partial charge in [0.05, 0.1) is 50.1 Å². The largest absolute Gasteiger partial charge is 0.287 e. The maximum Gasteiger partial charge on any atom is 0.271 e. The molecule has 15 heteroatoms. The minimum Gasteiger partial charge on any atom is -0.287 e. The fraction of sp³-hybridized carbons (Fsp3) is 0.190. The summed E-state index contributed by atoms with van der Waals surface area (Å²) >= 11 is 4.46. The molecule has 0 saturated heterocycles. The fourth-order valence-electron chi connectivity index (χ4n) is 8.34. The molecule has 4 aromatic rings. The molecule has 1 unspecified atom stereocenters. The Bertz CT molecular complexity index is 3100. The Morgan fingerprint density at radius 2 is 1.47 bits per heavy atom. The van der Waals surface area contributed by atoms with Gasteiger partial charge in [0.2, 0.25) is 11.6 Å². The molecule has 5 aliphatic carbocycles. The van der Waals surface area contributed by atoms with Crippen LogP contribution in [0.3, 0.4) is 0 Å². The van der Waals surface area contributed by atoms with E-state index in [2.05, 4.69) is 28.5 Å². The van der Waals surface area contributed by atoms with Gasteiger partial charge in [0.1, 0.15) is 22.3 Å². The molecule has 1 saturated carbocycles. The summed E-state index contributed by atoms with van der Waals surface area (Å²) in [7, 11) is 0. The number of nitrogens with zero attached hydrogens (tertiary/aromatic N) is 6. The highest BCUT2D eigenvalue weighted by Gasteiger charge is 2.47. The van der Waals surface area contributed by atoms with Gasteiger partial charge < -0.3 is 0 Å². The summed E-state index contributed by atoms with van der Waals surface area (Å²) in [4.78, 5) is 46.0. The highest BCUT2D eigenvalue weighted by molar-refractivity contribution is 7.33. The summed E-state index contributed by atoms with van der Waals surface area (Å²) in [6, 6.07) is 7.00. The second kappa shape index (κ2) is 12.1. The Morgan fingerprint density at radius 3 is 2.14 bits per heavy atom. The van der Waals surface area contributed by atoms with E-state index < -0.39 is 69.4 Å². The number of nitriles is 2. The number of Topliss-reactive ketones (excluding diaryl/α,β-unsaturated/α-hetero) is 2. The molecule has 0 spiro atoms. The molecule has 1 atom stereocenters. The van der Waals surface area contributed by atoms with E-state index in [4.69, 9.17) is 18.1 Å². The monoisotopic (exact) mass is 812 g/mol. The quantitative estimate of drug-likeness (QED) is 0.114. The Balaban J connectivity index is 1.13. The predicted molar refractivity (Wildman–Crippen MR) is 210 cm³/mol. The third kappa shape index (κ3) is 4.77. The average Bonchev–Trinajstić information content (AvgIpc) is 4.00. The number of rotatable bonds is 2. The average molecular weight is 813 g/mol. The smallest absolute Gasteiger partial charge is 0.271 e. The second-order valence-electron chi connectivity index (χ2n) is 14.8. The molecular formula is C42H20F4N6O2S3. The maximum atomic E-state index is 14.4. The van der Waals surface area contributed by atoms with Crippen molar-refractivity contribution in [1.29, 1.82) is 10.5 Å². The highest BCUT2D eigenvalue weighted by atomic mass is 32.1. The second-order valence-corrected chi connectivity index (χ2v) is 17.9. The van der Waals surface area contributed by atoms with E-state index in [9.17, 15) is 37.7 Å². The van der Waals surface area contributed by atoms with Crippen molar-refractivity contribution in [2.75, 3.05) is 0 Å². The van der Waals surface area contributed by atoms with Crippen molar-refractivity contribution in [1.82, 2.24) is 0 Å². The van der Waals surface area contributed by atoms with Crippen LogP contribution in [-0.2, 0) is 15.6 Å². The number of hydrogen-bond acceptors (Lipinski definition) is 9. The molecule has 9 rings (SSSR count). The maximum absolute atomic E-state index is 14.4. The van der Waals surface area contributed by atoms with Crippen molar-refractivity contribution >= 4 is 83.1 Å². The van der Waals surface area contributed by atoms with Crippen molar-refractivity contribution in [3.05, 3.63) is 131 Å². The molecule has 0 amide bonds. The number of carbonyl (C=O) groups excluding carboxylic acids is 2. The van der Waals surface area contributed by atoms with Crippen molar-refractivity contribution < 1.29 is 27.2 Å². The molecule has 0 N–H and O–H groups in total. The first-order valence-corrected chi connectivity index (χ1v) is 19.6. The molecule has 1 fully saturated rings.